The Morgan fingerprint density at radius 3 is 2.14 bits per heavy atom. The Morgan fingerprint density at radius 2 is 1.54 bits per heavy atom. The summed E-state index contributed by atoms with van der Waals surface area (Å²) in [6.07, 6.45) is -1.42. The van der Waals surface area contributed by atoms with E-state index >= 15 is 0 Å². The van der Waals surface area contributed by atoms with Gasteiger partial charge in [-0.05, 0) is 41.3 Å². The molecule has 0 heterocycles. The van der Waals surface area contributed by atoms with E-state index in [1.165, 1.54) is 30.3 Å². The molecule has 0 aromatic heterocycles. The van der Waals surface area contributed by atoms with Gasteiger partial charge in [0, 0.05) is 10.6 Å². The van der Waals surface area contributed by atoms with Gasteiger partial charge in [0.05, 0.1) is 5.92 Å². The Kier molecular flexibility index (Phi) is 6.20. The SMILES string of the molecule is Fc1cc(CC(c2ccccc2)C(F)(F)F)ccc1/C=C/c1ccc(Cl)cc1. The van der Waals surface area contributed by atoms with Gasteiger partial charge in [-0.1, -0.05) is 78.4 Å². The summed E-state index contributed by atoms with van der Waals surface area (Å²) in [5.74, 6) is -2.24. The molecule has 0 fully saturated rings. The van der Waals surface area contributed by atoms with Gasteiger partial charge in [0.15, 0.2) is 0 Å². The molecule has 3 aromatic rings. The monoisotopic (exact) mass is 404 g/mol. The average Bonchev–Trinajstić information content (AvgIpc) is 2.66. The molecule has 3 aromatic carbocycles. The fourth-order valence-electron chi connectivity index (χ4n) is 2.94. The molecule has 0 aliphatic rings. The van der Waals surface area contributed by atoms with Crippen LogP contribution in [0.25, 0.3) is 12.2 Å². The zero-order valence-corrected chi connectivity index (χ0v) is 15.5. The van der Waals surface area contributed by atoms with Crippen molar-refractivity contribution in [3.63, 3.8) is 0 Å². The fourth-order valence-corrected chi connectivity index (χ4v) is 3.06. The lowest BCUT2D eigenvalue weighted by atomic mass is 9.91. The van der Waals surface area contributed by atoms with E-state index in [-0.39, 0.29) is 12.0 Å². The molecule has 0 radical (unpaired) electrons. The zero-order valence-electron chi connectivity index (χ0n) is 14.8. The second-order valence-electron chi connectivity index (χ2n) is 6.45. The summed E-state index contributed by atoms with van der Waals surface area (Å²) in [6, 6.07) is 18.9. The fraction of sp³-hybridized carbons (Fsp3) is 0.130. The number of hydrogen-bond donors (Lipinski definition) is 0. The van der Waals surface area contributed by atoms with Crippen molar-refractivity contribution in [2.24, 2.45) is 0 Å². The lowest BCUT2D eigenvalue weighted by Crippen LogP contribution is -2.23. The molecule has 1 atom stereocenters. The minimum atomic E-state index is -4.41. The smallest absolute Gasteiger partial charge is 0.206 e. The second kappa shape index (κ2) is 8.61. The third-order valence-electron chi connectivity index (χ3n) is 4.43. The Hall–Kier alpha value is -2.59. The summed E-state index contributed by atoms with van der Waals surface area (Å²) in [6.45, 7) is 0. The minimum absolute atomic E-state index is 0.169. The highest BCUT2D eigenvalue weighted by molar-refractivity contribution is 6.30. The van der Waals surface area contributed by atoms with Gasteiger partial charge >= 0.3 is 6.18 Å². The van der Waals surface area contributed by atoms with Crippen molar-refractivity contribution in [1.82, 2.24) is 0 Å². The van der Waals surface area contributed by atoms with Gasteiger partial charge in [0.1, 0.15) is 5.82 Å². The van der Waals surface area contributed by atoms with Crippen LogP contribution in [-0.2, 0) is 6.42 Å². The lowest BCUT2D eigenvalue weighted by Gasteiger charge is -2.21. The van der Waals surface area contributed by atoms with Crippen molar-refractivity contribution < 1.29 is 17.6 Å². The van der Waals surface area contributed by atoms with Crippen LogP contribution in [0.5, 0.6) is 0 Å². The highest BCUT2D eigenvalue weighted by Crippen LogP contribution is 2.37. The molecule has 0 N–H and O–H groups in total. The van der Waals surface area contributed by atoms with Crippen LogP contribution in [0.3, 0.4) is 0 Å². The topological polar surface area (TPSA) is 0 Å². The van der Waals surface area contributed by atoms with E-state index < -0.39 is 17.9 Å². The third kappa shape index (κ3) is 5.23. The Morgan fingerprint density at radius 1 is 0.857 bits per heavy atom. The molecule has 0 saturated heterocycles. The predicted molar refractivity (Wildman–Crippen MR) is 106 cm³/mol. The maximum absolute atomic E-state index is 14.4. The number of rotatable bonds is 5. The van der Waals surface area contributed by atoms with Gasteiger partial charge in [-0.25, -0.2) is 4.39 Å². The number of hydrogen-bond acceptors (Lipinski definition) is 0. The van der Waals surface area contributed by atoms with Crippen LogP contribution in [-0.4, -0.2) is 6.18 Å². The molecule has 144 valence electrons. The van der Waals surface area contributed by atoms with Crippen molar-refractivity contribution in [3.05, 3.63) is 106 Å². The van der Waals surface area contributed by atoms with Gasteiger partial charge in [-0.3, -0.25) is 0 Å². The Balaban J connectivity index is 1.80. The van der Waals surface area contributed by atoms with E-state index in [1.54, 1.807) is 54.6 Å². The molecule has 0 spiro atoms. The molecular formula is C23H17ClF4. The first-order valence-electron chi connectivity index (χ1n) is 8.66. The van der Waals surface area contributed by atoms with Crippen LogP contribution in [0.4, 0.5) is 17.6 Å². The van der Waals surface area contributed by atoms with Crippen LogP contribution < -0.4 is 0 Å². The highest BCUT2D eigenvalue weighted by Gasteiger charge is 2.40. The van der Waals surface area contributed by atoms with Gasteiger partial charge in [0.2, 0.25) is 0 Å². The lowest BCUT2D eigenvalue weighted by molar-refractivity contribution is -0.150. The van der Waals surface area contributed by atoms with E-state index in [2.05, 4.69) is 0 Å². The molecule has 0 aliphatic heterocycles. The van der Waals surface area contributed by atoms with Crippen LogP contribution in [0.15, 0.2) is 72.8 Å². The summed E-state index contributed by atoms with van der Waals surface area (Å²) >= 11 is 5.83. The number of alkyl halides is 3. The van der Waals surface area contributed by atoms with Crippen molar-refractivity contribution in [2.75, 3.05) is 0 Å². The predicted octanol–water partition coefficient (Wildman–Crippen LogP) is 7.54. The van der Waals surface area contributed by atoms with Crippen molar-refractivity contribution in [1.29, 1.82) is 0 Å². The second-order valence-corrected chi connectivity index (χ2v) is 6.89. The maximum Gasteiger partial charge on any atom is 0.396 e. The standard InChI is InChI=1S/C23H17ClF4/c24-20-12-8-16(9-13-20)6-10-19-11-7-17(15-22(19)25)14-21(23(26,27)28)18-4-2-1-3-5-18/h1-13,15,21H,14H2/b10-6+. The molecule has 5 heteroatoms. The first-order valence-corrected chi connectivity index (χ1v) is 9.04. The molecule has 1 unspecified atom stereocenters. The van der Waals surface area contributed by atoms with Crippen molar-refractivity contribution in [3.8, 4) is 0 Å². The molecule has 0 nitrogen and oxygen atoms in total. The summed E-state index contributed by atoms with van der Waals surface area (Å²) in [7, 11) is 0. The number of benzene rings is 3. The van der Waals surface area contributed by atoms with Crippen LogP contribution in [0, 0.1) is 5.82 Å². The average molecular weight is 405 g/mol. The van der Waals surface area contributed by atoms with Crippen LogP contribution in [0.1, 0.15) is 28.2 Å². The molecule has 0 aliphatic carbocycles. The molecular weight excluding hydrogens is 388 g/mol. The van der Waals surface area contributed by atoms with E-state index in [1.807, 2.05) is 0 Å². The van der Waals surface area contributed by atoms with E-state index in [4.69, 9.17) is 11.6 Å². The van der Waals surface area contributed by atoms with Crippen molar-refractivity contribution in [2.45, 2.75) is 18.5 Å². The summed E-state index contributed by atoms with van der Waals surface area (Å²) in [5.41, 5.74) is 1.62. The van der Waals surface area contributed by atoms with Crippen LogP contribution >= 0.6 is 11.6 Å². The number of halogens is 5. The Labute approximate surface area is 166 Å². The quantitative estimate of drug-likeness (QED) is 0.304. The van der Waals surface area contributed by atoms with E-state index in [9.17, 15) is 17.6 Å². The third-order valence-corrected chi connectivity index (χ3v) is 4.68. The van der Waals surface area contributed by atoms with E-state index in [0.717, 1.165) is 5.56 Å². The first kappa shape index (κ1) is 20.2. The Bertz CT molecular complexity index is 945. The molecule has 0 saturated carbocycles. The van der Waals surface area contributed by atoms with Crippen molar-refractivity contribution >= 4 is 23.8 Å². The summed E-state index contributed by atoms with van der Waals surface area (Å²) < 4.78 is 54.9. The summed E-state index contributed by atoms with van der Waals surface area (Å²) in [5, 5.41) is 0.602. The van der Waals surface area contributed by atoms with Gasteiger partial charge in [0.25, 0.3) is 0 Å². The van der Waals surface area contributed by atoms with Gasteiger partial charge in [-0.2, -0.15) is 13.2 Å². The van der Waals surface area contributed by atoms with Crippen LogP contribution in [0.2, 0.25) is 5.02 Å². The van der Waals surface area contributed by atoms with Gasteiger partial charge < -0.3 is 0 Å². The highest BCUT2D eigenvalue weighted by atomic mass is 35.5. The molecule has 0 amide bonds. The maximum atomic E-state index is 14.4. The minimum Gasteiger partial charge on any atom is -0.206 e. The summed E-state index contributed by atoms with van der Waals surface area (Å²) in [4.78, 5) is 0. The normalized spacial score (nSPS) is 13.0. The van der Waals surface area contributed by atoms with E-state index in [0.29, 0.717) is 16.1 Å². The zero-order chi connectivity index (χ0) is 20.1. The molecule has 3 rings (SSSR count). The first-order chi connectivity index (χ1) is 13.3. The van der Waals surface area contributed by atoms with Gasteiger partial charge in [-0.15, -0.1) is 0 Å². The largest absolute Gasteiger partial charge is 0.396 e. The molecule has 28 heavy (non-hydrogen) atoms. The molecule has 0 bridgehead atoms.